The Morgan fingerprint density at radius 3 is 3.05 bits per heavy atom. The van der Waals surface area contributed by atoms with Crippen molar-refractivity contribution >= 4 is 27.4 Å². The third-order valence-corrected chi connectivity index (χ3v) is 5.58. The SMILES string of the molecule is CCCCCCNc1ncnc2sc3c(c12)CC[C@H](C)C3. The zero-order valence-electron chi connectivity index (χ0n) is 13.1. The van der Waals surface area contributed by atoms with Crippen molar-refractivity contribution in [2.24, 2.45) is 5.92 Å². The van der Waals surface area contributed by atoms with Crippen molar-refractivity contribution in [1.29, 1.82) is 0 Å². The Kier molecular flexibility index (Phi) is 4.73. The Morgan fingerprint density at radius 2 is 2.19 bits per heavy atom. The molecule has 2 aromatic rings. The third kappa shape index (κ3) is 3.20. The van der Waals surface area contributed by atoms with E-state index in [-0.39, 0.29) is 0 Å². The van der Waals surface area contributed by atoms with Crippen LogP contribution in [0.15, 0.2) is 6.33 Å². The number of thiophene rings is 1. The molecule has 1 aliphatic carbocycles. The maximum absolute atomic E-state index is 4.51. The van der Waals surface area contributed by atoms with Gasteiger partial charge < -0.3 is 5.32 Å². The molecular formula is C17H25N3S. The minimum Gasteiger partial charge on any atom is -0.369 e. The molecule has 1 aliphatic rings. The summed E-state index contributed by atoms with van der Waals surface area (Å²) in [6, 6.07) is 0. The second-order valence-corrected chi connectivity index (χ2v) is 7.33. The number of fused-ring (bicyclic) bond motifs is 3. The molecule has 0 bridgehead atoms. The van der Waals surface area contributed by atoms with Gasteiger partial charge in [0, 0.05) is 11.4 Å². The highest BCUT2D eigenvalue weighted by Crippen LogP contribution is 2.39. The molecule has 2 heterocycles. The Bertz CT molecular complexity index is 605. The van der Waals surface area contributed by atoms with E-state index in [0.717, 1.165) is 18.3 Å². The Balaban J connectivity index is 1.79. The maximum atomic E-state index is 4.51. The van der Waals surface area contributed by atoms with E-state index < -0.39 is 0 Å². The summed E-state index contributed by atoms with van der Waals surface area (Å²) in [5, 5.41) is 4.86. The second kappa shape index (κ2) is 6.73. The number of hydrogen-bond donors (Lipinski definition) is 1. The van der Waals surface area contributed by atoms with Crippen LogP contribution in [0.2, 0.25) is 0 Å². The molecule has 3 rings (SSSR count). The van der Waals surface area contributed by atoms with Gasteiger partial charge in [-0.3, -0.25) is 0 Å². The highest BCUT2D eigenvalue weighted by Gasteiger charge is 2.22. The fraction of sp³-hybridized carbons (Fsp3) is 0.647. The van der Waals surface area contributed by atoms with Crippen LogP contribution in [0.3, 0.4) is 0 Å². The lowest BCUT2D eigenvalue weighted by molar-refractivity contribution is 0.509. The van der Waals surface area contributed by atoms with Crippen LogP contribution in [0.5, 0.6) is 0 Å². The number of hydrogen-bond acceptors (Lipinski definition) is 4. The van der Waals surface area contributed by atoms with Crippen LogP contribution >= 0.6 is 11.3 Å². The lowest BCUT2D eigenvalue weighted by Crippen LogP contribution is -2.09. The largest absolute Gasteiger partial charge is 0.369 e. The molecule has 0 aliphatic heterocycles. The summed E-state index contributed by atoms with van der Waals surface area (Å²) in [7, 11) is 0. The van der Waals surface area contributed by atoms with Gasteiger partial charge >= 0.3 is 0 Å². The van der Waals surface area contributed by atoms with Crippen molar-refractivity contribution in [2.45, 2.75) is 58.8 Å². The standard InChI is InChI=1S/C17H25N3S/c1-3-4-5-6-9-18-16-15-13-8-7-12(2)10-14(13)21-17(15)20-11-19-16/h11-12H,3-10H2,1-2H3,(H,18,19,20)/t12-/m0/s1. The lowest BCUT2D eigenvalue weighted by Gasteiger charge is -2.18. The molecule has 0 fully saturated rings. The van der Waals surface area contributed by atoms with E-state index in [0.29, 0.717) is 0 Å². The first-order chi connectivity index (χ1) is 10.3. The van der Waals surface area contributed by atoms with E-state index in [1.807, 2.05) is 11.3 Å². The van der Waals surface area contributed by atoms with Crippen molar-refractivity contribution in [2.75, 3.05) is 11.9 Å². The molecule has 0 spiro atoms. The van der Waals surface area contributed by atoms with Crippen molar-refractivity contribution in [3.8, 4) is 0 Å². The number of nitrogens with zero attached hydrogens (tertiary/aromatic N) is 2. The predicted molar refractivity (Wildman–Crippen MR) is 91.2 cm³/mol. The fourth-order valence-electron chi connectivity index (χ4n) is 3.17. The third-order valence-electron chi connectivity index (χ3n) is 4.41. The number of unbranched alkanes of at least 4 members (excludes halogenated alkanes) is 3. The molecule has 114 valence electrons. The van der Waals surface area contributed by atoms with E-state index in [2.05, 4.69) is 29.1 Å². The van der Waals surface area contributed by atoms with Gasteiger partial charge in [0.15, 0.2) is 0 Å². The van der Waals surface area contributed by atoms with Crippen molar-refractivity contribution in [3.05, 3.63) is 16.8 Å². The van der Waals surface area contributed by atoms with Crippen LogP contribution in [0.1, 0.15) is 56.4 Å². The number of anilines is 1. The van der Waals surface area contributed by atoms with Gasteiger partial charge in [0.2, 0.25) is 0 Å². The van der Waals surface area contributed by atoms with Gasteiger partial charge in [0.25, 0.3) is 0 Å². The number of aryl methyl sites for hydroxylation is 1. The fourth-order valence-corrected chi connectivity index (χ4v) is 4.52. The predicted octanol–water partition coefficient (Wildman–Crippen LogP) is 4.81. The zero-order valence-corrected chi connectivity index (χ0v) is 13.9. The van der Waals surface area contributed by atoms with Crippen LogP contribution in [0.4, 0.5) is 5.82 Å². The lowest BCUT2D eigenvalue weighted by atomic mass is 9.89. The number of aromatic nitrogens is 2. The van der Waals surface area contributed by atoms with E-state index in [9.17, 15) is 0 Å². The second-order valence-electron chi connectivity index (χ2n) is 6.24. The van der Waals surface area contributed by atoms with Crippen LogP contribution in [-0.2, 0) is 12.8 Å². The summed E-state index contributed by atoms with van der Waals surface area (Å²) < 4.78 is 0. The average Bonchev–Trinajstić information content (AvgIpc) is 2.85. The number of rotatable bonds is 6. The normalized spacial score (nSPS) is 17.9. The van der Waals surface area contributed by atoms with Crippen LogP contribution in [-0.4, -0.2) is 16.5 Å². The molecule has 0 aromatic carbocycles. The molecule has 21 heavy (non-hydrogen) atoms. The minimum atomic E-state index is 0.809. The molecule has 0 saturated carbocycles. The molecule has 0 amide bonds. The summed E-state index contributed by atoms with van der Waals surface area (Å²) in [4.78, 5) is 11.7. The summed E-state index contributed by atoms with van der Waals surface area (Å²) in [5.41, 5.74) is 1.52. The first-order valence-corrected chi connectivity index (χ1v) is 9.10. The highest BCUT2D eigenvalue weighted by atomic mass is 32.1. The Morgan fingerprint density at radius 1 is 1.29 bits per heavy atom. The molecular weight excluding hydrogens is 278 g/mol. The zero-order chi connectivity index (χ0) is 14.7. The smallest absolute Gasteiger partial charge is 0.138 e. The Labute approximate surface area is 131 Å². The topological polar surface area (TPSA) is 37.8 Å². The summed E-state index contributed by atoms with van der Waals surface area (Å²) in [6.45, 7) is 5.62. The van der Waals surface area contributed by atoms with Crippen LogP contribution in [0.25, 0.3) is 10.2 Å². The van der Waals surface area contributed by atoms with Gasteiger partial charge in [-0.2, -0.15) is 0 Å². The van der Waals surface area contributed by atoms with Gasteiger partial charge in [-0.15, -0.1) is 11.3 Å². The van der Waals surface area contributed by atoms with Crippen LogP contribution in [0, 0.1) is 5.92 Å². The molecule has 0 radical (unpaired) electrons. The summed E-state index contributed by atoms with van der Waals surface area (Å²) >= 11 is 1.87. The van der Waals surface area contributed by atoms with E-state index in [1.54, 1.807) is 11.2 Å². The van der Waals surface area contributed by atoms with Gasteiger partial charge in [-0.25, -0.2) is 9.97 Å². The molecule has 1 N–H and O–H groups in total. The molecule has 1 atom stereocenters. The first kappa shape index (κ1) is 14.8. The van der Waals surface area contributed by atoms with Gasteiger partial charge in [0.05, 0.1) is 5.39 Å². The molecule has 4 heteroatoms. The Hall–Kier alpha value is -1.16. The molecule has 0 saturated heterocycles. The monoisotopic (exact) mass is 303 g/mol. The molecule has 0 unspecified atom stereocenters. The molecule has 2 aromatic heterocycles. The van der Waals surface area contributed by atoms with Crippen LogP contribution < -0.4 is 5.32 Å². The number of nitrogens with one attached hydrogen (secondary N) is 1. The highest BCUT2D eigenvalue weighted by molar-refractivity contribution is 7.19. The van der Waals surface area contributed by atoms with Gasteiger partial charge in [-0.05, 0) is 37.2 Å². The first-order valence-electron chi connectivity index (χ1n) is 8.28. The van der Waals surface area contributed by atoms with Gasteiger partial charge in [0.1, 0.15) is 17.0 Å². The van der Waals surface area contributed by atoms with Crippen molar-refractivity contribution in [1.82, 2.24) is 9.97 Å². The summed E-state index contributed by atoms with van der Waals surface area (Å²) in [6.07, 6.45) is 10.5. The minimum absolute atomic E-state index is 0.809. The average molecular weight is 303 g/mol. The van der Waals surface area contributed by atoms with Gasteiger partial charge in [-0.1, -0.05) is 33.1 Å². The van der Waals surface area contributed by atoms with Crippen molar-refractivity contribution < 1.29 is 0 Å². The molecule has 3 nitrogen and oxygen atoms in total. The quantitative estimate of drug-likeness (QED) is 0.778. The van der Waals surface area contributed by atoms with E-state index in [1.165, 1.54) is 60.7 Å². The van der Waals surface area contributed by atoms with E-state index in [4.69, 9.17) is 0 Å². The van der Waals surface area contributed by atoms with Crippen molar-refractivity contribution in [3.63, 3.8) is 0 Å². The summed E-state index contributed by atoms with van der Waals surface area (Å²) in [5.74, 6) is 1.87. The maximum Gasteiger partial charge on any atom is 0.138 e. The van der Waals surface area contributed by atoms with E-state index >= 15 is 0 Å².